The van der Waals surface area contributed by atoms with E-state index < -0.39 is 17.8 Å². The van der Waals surface area contributed by atoms with Gasteiger partial charge in [0.1, 0.15) is 0 Å². The summed E-state index contributed by atoms with van der Waals surface area (Å²) >= 11 is 0. The minimum Gasteiger partial charge on any atom is -0.481 e. The maximum atomic E-state index is 11.2. The van der Waals surface area contributed by atoms with Crippen LogP contribution in [0, 0.1) is 0 Å². The normalized spacial score (nSPS) is 9.50. The molecule has 1 aromatic rings. The van der Waals surface area contributed by atoms with Gasteiger partial charge in [0.25, 0.3) is 0 Å². The minimum absolute atomic E-state index is 0.0542. The highest BCUT2D eigenvalue weighted by Crippen LogP contribution is 1.98. The summed E-state index contributed by atoms with van der Waals surface area (Å²) in [7, 11) is 0. The van der Waals surface area contributed by atoms with Crippen LogP contribution in [0.2, 0.25) is 0 Å². The molecule has 1 aromatic heterocycles. The molecule has 0 aliphatic heterocycles. The third-order valence-electron chi connectivity index (χ3n) is 1.63. The van der Waals surface area contributed by atoms with Gasteiger partial charge < -0.3 is 9.52 Å². The lowest BCUT2D eigenvalue weighted by molar-refractivity contribution is -0.138. The van der Waals surface area contributed by atoms with Crippen LogP contribution >= 0.6 is 0 Å². The number of nitrogens with one attached hydrogen (secondary N) is 2. The van der Waals surface area contributed by atoms with E-state index in [1.54, 1.807) is 0 Å². The Hall–Kier alpha value is -2.31. The van der Waals surface area contributed by atoms with Crippen LogP contribution in [0.4, 0.5) is 0 Å². The van der Waals surface area contributed by atoms with Gasteiger partial charge in [-0.2, -0.15) is 0 Å². The fraction of sp³-hybridized carbons (Fsp3) is 0.222. The molecule has 86 valence electrons. The fourth-order valence-corrected chi connectivity index (χ4v) is 0.879. The molecule has 1 rings (SSSR count). The summed E-state index contributed by atoms with van der Waals surface area (Å²) in [4.78, 5) is 32.4. The van der Waals surface area contributed by atoms with Gasteiger partial charge in [0.2, 0.25) is 5.91 Å². The van der Waals surface area contributed by atoms with Gasteiger partial charge in [0.05, 0.1) is 12.7 Å². The van der Waals surface area contributed by atoms with Gasteiger partial charge in [-0.15, -0.1) is 0 Å². The second-order valence-electron chi connectivity index (χ2n) is 2.87. The molecule has 0 aromatic carbocycles. The van der Waals surface area contributed by atoms with E-state index in [1.807, 2.05) is 0 Å². The van der Waals surface area contributed by atoms with Crippen LogP contribution in [0.1, 0.15) is 23.4 Å². The number of hydrazine groups is 1. The van der Waals surface area contributed by atoms with E-state index in [4.69, 9.17) is 9.52 Å². The van der Waals surface area contributed by atoms with Gasteiger partial charge in [-0.25, -0.2) is 0 Å². The van der Waals surface area contributed by atoms with Crippen LogP contribution in [0.5, 0.6) is 0 Å². The first kappa shape index (κ1) is 11.8. The Balaban J connectivity index is 2.27. The van der Waals surface area contributed by atoms with Gasteiger partial charge in [0.15, 0.2) is 5.76 Å². The zero-order valence-electron chi connectivity index (χ0n) is 8.23. The molecule has 7 heteroatoms. The monoisotopic (exact) mass is 226 g/mol. The smallest absolute Gasteiger partial charge is 0.305 e. The van der Waals surface area contributed by atoms with E-state index in [-0.39, 0.29) is 18.6 Å². The van der Waals surface area contributed by atoms with E-state index in [1.165, 1.54) is 18.4 Å². The molecule has 0 radical (unpaired) electrons. The third kappa shape index (κ3) is 3.82. The van der Waals surface area contributed by atoms with Crippen LogP contribution in [0.25, 0.3) is 0 Å². The number of carboxylic acids is 1. The Morgan fingerprint density at radius 2 is 2.00 bits per heavy atom. The van der Waals surface area contributed by atoms with E-state index in [2.05, 4.69) is 10.9 Å². The number of carbonyl (C=O) groups is 3. The molecule has 16 heavy (non-hydrogen) atoms. The zero-order valence-corrected chi connectivity index (χ0v) is 8.23. The molecule has 0 aliphatic carbocycles. The standard InChI is InChI=1S/C9H10N2O5/c12-7(3-4-8(13)14)10-11-9(15)6-2-1-5-16-6/h1-2,5H,3-4H2,(H,10,12)(H,11,15)(H,13,14). The Morgan fingerprint density at radius 1 is 1.25 bits per heavy atom. The maximum absolute atomic E-state index is 11.2. The number of amides is 2. The largest absolute Gasteiger partial charge is 0.481 e. The highest BCUT2D eigenvalue weighted by Gasteiger charge is 2.10. The lowest BCUT2D eigenvalue weighted by Gasteiger charge is -2.04. The molecule has 0 bridgehead atoms. The number of furan rings is 1. The van der Waals surface area contributed by atoms with Crippen LogP contribution in [-0.2, 0) is 9.59 Å². The molecule has 7 nitrogen and oxygen atoms in total. The third-order valence-corrected chi connectivity index (χ3v) is 1.63. The first-order chi connectivity index (χ1) is 7.59. The second-order valence-corrected chi connectivity index (χ2v) is 2.87. The molecule has 0 saturated carbocycles. The number of carbonyl (C=O) groups excluding carboxylic acids is 2. The molecule has 2 amide bonds. The molecular weight excluding hydrogens is 216 g/mol. The van der Waals surface area contributed by atoms with Crippen molar-refractivity contribution in [1.82, 2.24) is 10.9 Å². The minimum atomic E-state index is -1.08. The summed E-state index contributed by atoms with van der Waals surface area (Å²) in [6.45, 7) is 0. The van der Waals surface area contributed by atoms with Crippen molar-refractivity contribution >= 4 is 17.8 Å². The summed E-state index contributed by atoms with van der Waals surface area (Å²) in [5.74, 6) is -2.21. The van der Waals surface area contributed by atoms with Crippen molar-refractivity contribution in [3.63, 3.8) is 0 Å². The van der Waals surface area contributed by atoms with E-state index in [0.29, 0.717) is 0 Å². The second kappa shape index (κ2) is 5.54. The number of rotatable bonds is 4. The summed E-state index contributed by atoms with van der Waals surface area (Å²) in [6.07, 6.45) is 0.831. The van der Waals surface area contributed by atoms with Crippen molar-refractivity contribution in [3.05, 3.63) is 24.2 Å². The average Bonchev–Trinajstić information content (AvgIpc) is 2.76. The fourth-order valence-electron chi connectivity index (χ4n) is 0.879. The molecular formula is C9H10N2O5. The van der Waals surface area contributed by atoms with E-state index in [0.717, 1.165) is 0 Å². The molecule has 0 aliphatic rings. The zero-order chi connectivity index (χ0) is 12.0. The van der Waals surface area contributed by atoms with Crippen molar-refractivity contribution in [2.45, 2.75) is 12.8 Å². The first-order valence-corrected chi connectivity index (χ1v) is 4.44. The van der Waals surface area contributed by atoms with Crippen LogP contribution in [0.3, 0.4) is 0 Å². The number of carboxylic acid groups (broad SMARTS) is 1. The van der Waals surface area contributed by atoms with Gasteiger partial charge in [0, 0.05) is 6.42 Å². The predicted octanol–water partition coefficient (Wildman–Crippen LogP) is -0.0946. The first-order valence-electron chi connectivity index (χ1n) is 4.44. The molecule has 0 saturated heterocycles. The molecule has 0 atom stereocenters. The van der Waals surface area contributed by atoms with Crippen molar-refractivity contribution in [2.24, 2.45) is 0 Å². The van der Waals surface area contributed by atoms with Crippen molar-refractivity contribution in [2.75, 3.05) is 0 Å². The lowest BCUT2D eigenvalue weighted by Crippen LogP contribution is -2.41. The van der Waals surface area contributed by atoms with Gasteiger partial charge in [-0.1, -0.05) is 0 Å². The molecule has 3 N–H and O–H groups in total. The Bertz CT molecular complexity index is 385. The average molecular weight is 226 g/mol. The van der Waals surface area contributed by atoms with Crippen LogP contribution in [-0.4, -0.2) is 22.9 Å². The Kier molecular flexibility index (Phi) is 4.07. The summed E-state index contributed by atoms with van der Waals surface area (Å²) < 4.78 is 4.77. The molecule has 0 unspecified atom stereocenters. The van der Waals surface area contributed by atoms with E-state index >= 15 is 0 Å². The topological polar surface area (TPSA) is 109 Å². The summed E-state index contributed by atoms with van der Waals surface area (Å²) in [5.41, 5.74) is 4.15. The number of hydrogen-bond acceptors (Lipinski definition) is 4. The highest BCUT2D eigenvalue weighted by atomic mass is 16.4. The summed E-state index contributed by atoms with van der Waals surface area (Å²) in [6, 6.07) is 2.96. The number of aliphatic carboxylic acids is 1. The van der Waals surface area contributed by atoms with E-state index in [9.17, 15) is 14.4 Å². The van der Waals surface area contributed by atoms with Gasteiger partial charge >= 0.3 is 11.9 Å². The molecule has 0 fully saturated rings. The van der Waals surface area contributed by atoms with Crippen LogP contribution < -0.4 is 10.9 Å². The van der Waals surface area contributed by atoms with Crippen LogP contribution in [0.15, 0.2) is 22.8 Å². The molecule has 1 heterocycles. The Morgan fingerprint density at radius 3 is 2.56 bits per heavy atom. The van der Waals surface area contributed by atoms with Crippen molar-refractivity contribution < 1.29 is 23.9 Å². The number of hydrogen-bond donors (Lipinski definition) is 3. The quantitative estimate of drug-likeness (QED) is 0.621. The van der Waals surface area contributed by atoms with Crippen molar-refractivity contribution in [3.8, 4) is 0 Å². The maximum Gasteiger partial charge on any atom is 0.305 e. The predicted molar refractivity (Wildman–Crippen MR) is 51.2 cm³/mol. The van der Waals surface area contributed by atoms with Crippen molar-refractivity contribution in [1.29, 1.82) is 0 Å². The summed E-state index contributed by atoms with van der Waals surface area (Å²) in [5, 5.41) is 8.31. The van der Waals surface area contributed by atoms with Gasteiger partial charge in [-0.05, 0) is 12.1 Å². The SMILES string of the molecule is O=C(O)CCC(=O)NNC(=O)c1ccco1. The Labute approximate surface area is 90.4 Å². The highest BCUT2D eigenvalue weighted by molar-refractivity contribution is 5.93. The van der Waals surface area contributed by atoms with Gasteiger partial charge in [-0.3, -0.25) is 25.2 Å². The molecule has 0 spiro atoms. The lowest BCUT2D eigenvalue weighted by atomic mass is 10.3.